The zero-order valence-electron chi connectivity index (χ0n) is 10.9. The molecular formula is C16H14Br2O2. The molecule has 2 aromatic rings. The van der Waals surface area contributed by atoms with E-state index < -0.39 is 0 Å². The molecule has 1 aliphatic heterocycles. The molecule has 0 bridgehead atoms. The molecule has 0 saturated heterocycles. The fraction of sp³-hybridized carbons (Fsp3) is 0.250. The summed E-state index contributed by atoms with van der Waals surface area (Å²) in [6.07, 6.45) is 3.07. The molecule has 0 aliphatic carbocycles. The van der Waals surface area contributed by atoms with E-state index >= 15 is 0 Å². The highest BCUT2D eigenvalue weighted by atomic mass is 79.9. The van der Waals surface area contributed by atoms with Crippen LogP contribution in [0.15, 0.2) is 45.3 Å². The maximum absolute atomic E-state index is 5.75. The minimum atomic E-state index is 0.239. The molecule has 0 fully saturated rings. The van der Waals surface area contributed by atoms with Gasteiger partial charge in [0.1, 0.15) is 11.5 Å². The average molecular weight is 398 g/mol. The molecule has 2 nitrogen and oxygen atoms in total. The van der Waals surface area contributed by atoms with E-state index in [1.165, 1.54) is 11.1 Å². The third kappa shape index (κ3) is 3.18. The van der Waals surface area contributed by atoms with Crippen molar-refractivity contribution in [3.05, 3.63) is 56.5 Å². The Morgan fingerprint density at radius 3 is 1.75 bits per heavy atom. The maximum atomic E-state index is 5.75. The van der Waals surface area contributed by atoms with E-state index in [9.17, 15) is 0 Å². The molecule has 0 saturated carbocycles. The smallest absolute Gasteiger partial charge is 0.230 e. The summed E-state index contributed by atoms with van der Waals surface area (Å²) in [4.78, 5) is 0. The largest absolute Gasteiger partial charge is 0.457 e. The number of halogens is 2. The van der Waals surface area contributed by atoms with Gasteiger partial charge in [-0.1, -0.05) is 31.9 Å². The summed E-state index contributed by atoms with van der Waals surface area (Å²) in [5.74, 6) is 1.82. The van der Waals surface area contributed by atoms with Gasteiger partial charge in [-0.05, 0) is 66.8 Å². The van der Waals surface area contributed by atoms with E-state index in [-0.39, 0.29) is 6.79 Å². The summed E-state index contributed by atoms with van der Waals surface area (Å²) in [6.45, 7) is 0.239. The van der Waals surface area contributed by atoms with Crippen molar-refractivity contribution in [2.75, 3.05) is 6.79 Å². The molecular weight excluding hydrogens is 384 g/mol. The Morgan fingerprint density at radius 2 is 1.25 bits per heavy atom. The second-order valence-corrected chi connectivity index (χ2v) is 6.60. The number of fused-ring (bicyclic) bond motifs is 2. The Hall–Kier alpha value is -1.00. The zero-order valence-corrected chi connectivity index (χ0v) is 14.0. The number of hydrogen-bond donors (Lipinski definition) is 0. The van der Waals surface area contributed by atoms with Crippen LogP contribution in [0.2, 0.25) is 0 Å². The monoisotopic (exact) mass is 396 g/mol. The normalized spacial score (nSPS) is 14.5. The third-order valence-electron chi connectivity index (χ3n) is 3.37. The first-order valence-corrected chi connectivity index (χ1v) is 8.13. The van der Waals surface area contributed by atoms with Crippen molar-refractivity contribution in [2.45, 2.75) is 19.3 Å². The van der Waals surface area contributed by atoms with Gasteiger partial charge >= 0.3 is 0 Å². The minimum Gasteiger partial charge on any atom is -0.457 e. The Balaban J connectivity index is 1.86. The molecule has 4 heteroatoms. The molecule has 2 aromatic carbocycles. The van der Waals surface area contributed by atoms with Gasteiger partial charge in [-0.3, -0.25) is 0 Å². The van der Waals surface area contributed by atoms with Gasteiger partial charge in [0, 0.05) is 8.95 Å². The van der Waals surface area contributed by atoms with Crippen LogP contribution in [0.1, 0.15) is 17.5 Å². The second-order valence-electron chi connectivity index (χ2n) is 4.76. The summed E-state index contributed by atoms with van der Waals surface area (Å²) < 4.78 is 13.7. The van der Waals surface area contributed by atoms with Crippen LogP contribution in [-0.2, 0) is 12.8 Å². The first-order valence-electron chi connectivity index (χ1n) is 6.55. The molecule has 0 amide bonds. The Bertz CT molecular complexity index is 572. The average Bonchev–Trinajstić information content (AvgIpc) is 2.43. The van der Waals surface area contributed by atoms with Gasteiger partial charge in [-0.15, -0.1) is 0 Å². The number of aryl methyl sites for hydroxylation is 2. The van der Waals surface area contributed by atoms with Crippen LogP contribution in [-0.4, -0.2) is 6.79 Å². The van der Waals surface area contributed by atoms with E-state index in [2.05, 4.69) is 44.0 Å². The van der Waals surface area contributed by atoms with E-state index in [1.54, 1.807) is 0 Å². The fourth-order valence-electron chi connectivity index (χ4n) is 2.39. The van der Waals surface area contributed by atoms with Crippen molar-refractivity contribution < 1.29 is 9.47 Å². The summed E-state index contributed by atoms with van der Waals surface area (Å²) in [6, 6.07) is 12.2. The molecule has 0 radical (unpaired) electrons. The highest BCUT2D eigenvalue weighted by Gasteiger charge is 2.11. The van der Waals surface area contributed by atoms with Gasteiger partial charge in [0.25, 0.3) is 0 Å². The third-order valence-corrected chi connectivity index (χ3v) is 4.35. The lowest BCUT2D eigenvalue weighted by Gasteiger charge is -2.17. The van der Waals surface area contributed by atoms with Crippen LogP contribution in [0.3, 0.4) is 0 Å². The van der Waals surface area contributed by atoms with Gasteiger partial charge in [0.2, 0.25) is 6.79 Å². The number of ether oxygens (including phenoxy) is 2. The van der Waals surface area contributed by atoms with Gasteiger partial charge in [0.05, 0.1) is 0 Å². The van der Waals surface area contributed by atoms with E-state index in [4.69, 9.17) is 9.47 Å². The number of hydrogen-bond acceptors (Lipinski definition) is 2. The molecule has 0 N–H and O–H groups in total. The van der Waals surface area contributed by atoms with Gasteiger partial charge in [0.15, 0.2) is 0 Å². The van der Waals surface area contributed by atoms with Gasteiger partial charge in [-0.25, -0.2) is 0 Å². The Labute approximate surface area is 135 Å². The van der Waals surface area contributed by atoms with E-state index in [1.807, 2.05) is 24.3 Å². The van der Waals surface area contributed by atoms with Crippen LogP contribution in [0.25, 0.3) is 0 Å². The Morgan fingerprint density at radius 1 is 0.750 bits per heavy atom. The highest BCUT2D eigenvalue weighted by molar-refractivity contribution is 9.10. The van der Waals surface area contributed by atoms with Gasteiger partial charge in [-0.2, -0.15) is 0 Å². The zero-order chi connectivity index (χ0) is 13.9. The van der Waals surface area contributed by atoms with Crippen LogP contribution < -0.4 is 9.47 Å². The highest BCUT2D eigenvalue weighted by Crippen LogP contribution is 2.29. The minimum absolute atomic E-state index is 0.239. The van der Waals surface area contributed by atoms with E-state index in [0.717, 1.165) is 39.7 Å². The standard InChI is InChI=1S/C16H14Br2O2/c17-13-4-6-15-11(8-13)2-1-3-12-9-14(18)5-7-16(12)20-10-19-15/h4-9H,1-3,10H2. The number of rotatable bonds is 0. The van der Waals surface area contributed by atoms with Crippen molar-refractivity contribution >= 4 is 31.9 Å². The summed E-state index contributed by atoms with van der Waals surface area (Å²) in [5, 5.41) is 0. The molecule has 3 rings (SSSR count). The fourth-order valence-corrected chi connectivity index (χ4v) is 3.21. The Kier molecular flexibility index (Phi) is 4.32. The molecule has 1 aliphatic rings. The summed E-state index contributed by atoms with van der Waals surface area (Å²) >= 11 is 7.03. The predicted molar refractivity (Wildman–Crippen MR) is 86.4 cm³/mol. The summed E-state index contributed by atoms with van der Waals surface area (Å²) in [5.41, 5.74) is 2.45. The molecule has 20 heavy (non-hydrogen) atoms. The molecule has 0 spiro atoms. The lowest BCUT2D eigenvalue weighted by molar-refractivity contribution is 0.117. The van der Waals surface area contributed by atoms with Crippen LogP contribution >= 0.6 is 31.9 Å². The predicted octanol–water partition coefficient (Wildman–Crippen LogP) is 5.12. The van der Waals surface area contributed by atoms with Crippen molar-refractivity contribution in [3.63, 3.8) is 0 Å². The lowest BCUT2D eigenvalue weighted by Crippen LogP contribution is -2.10. The molecule has 104 valence electrons. The molecule has 0 unspecified atom stereocenters. The first kappa shape index (κ1) is 14.0. The van der Waals surface area contributed by atoms with Crippen molar-refractivity contribution in [1.29, 1.82) is 0 Å². The van der Waals surface area contributed by atoms with Crippen LogP contribution in [0, 0.1) is 0 Å². The topological polar surface area (TPSA) is 18.5 Å². The lowest BCUT2D eigenvalue weighted by atomic mass is 10.0. The van der Waals surface area contributed by atoms with Crippen molar-refractivity contribution in [1.82, 2.24) is 0 Å². The SMILES string of the molecule is Brc1ccc2c(c1)CCCc1cc(Br)ccc1OCO2. The van der Waals surface area contributed by atoms with Crippen LogP contribution in [0.5, 0.6) is 11.5 Å². The second kappa shape index (κ2) is 6.19. The van der Waals surface area contributed by atoms with Crippen LogP contribution in [0.4, 0.5) is 0 Å². The molecule has 1 heterocycles. The number of benzene rings is 2. The molecule has 0 aromatic heterocycles. The quantitative estimate of drug-likeness (QED) is 0.614. The first-order chi connectivity index (χ1) is 9.72. The maximum Gasteiger partial charge on any atom is 0.230 e. The van der Waals surface area contributed by atoms with Crippen molar-refractivity contribution in [2.24, 2.45) is 0 Å². The van der Waals surface area contributed by atoms with Crippen molar-refractivity contribution in [3.8, 4) is 11.5 Å². The molecule has 0 atom stereocenters. The van der Waals surface area contributed by atoms with Gasteiger partial charge < -0.3 is 9.47 Å². The summed E-state index contributed by atoms with van der Waals surface area (Å²) in [7, 11) is 0. The van der Waals surface area contributed by atoms with E-state index in [0.29, 0.717) is 0 Å².